The van der Waals surface area contributed by atoms with Crippen molar-refractivity contribution in [2.24, 2.45) is 0 Å². The van der Waals surface area contributed by atoms with Crippen LogP contribution in [0.2, 0.25) is 0 Å². The van der Waals surface area contributed by atoms with Crippen LogP contribution in [0, 0.1) is 18.3 Å². The highest BCUT2D eigenvalue weighted by molar-refractivity contribution is 5.72. The molecule has 0 fully saturated rings. The predicted octanol–water partition coefficient (Wildman–Crippen LogP) is 3.95. The first-order chi connectivity index (χ1) is 8.93. The molecule has 0 aliphatic carbocycles. The molecular formula is C14H9F3N2. The lowest BCUT2D eigenvalue weighted by molar-refractivity contribution is -0.137. The average Bonchev–Trinajstić information content (AvgIpc) is 2.37. The van der Waals surface area contributed by atoms with Gasteiger partial charge in [-0.1, -0.05) is 6.07 Å². The second-order valence-electron chi connectivity index (χ2n) is 4.06. The van der Waals surface area contributed by atoms with Crippen molar-refractivity contribution in [3.8, 4) is 17.2 Å². The van der Waals surface area contributed by atoms with Crippen LogP contribution in [0.3, 0.4) is 0 Å². The van der Waals surface area contributed by atoms with E-state index in [1.165, 1.54) is 6.07 Å². The van der Waals surface area contributed by atoms with Gasteiger partial charge in [-0.2, -0.15) is 18.4 Å². The van der Waals surface area contributed by atoms with Crippen LogP contribution >= 0.6 is 0 Å². The van der Waals surface area contributed by atoms with Crippen molar-refractivity contribution >= 4 is 0 Å². The molecule has 0 spiro atoms. The van der Waals surface area contributed by atoms with E-state index in [1.54, 1.807) is 24.5 Å². The van der Waals surface area contributed by atoms with Gasteiger partial charge in [0.1, 0.15) is 0 Å². The van der Waals surface area contributed by atoms with E-state index in [-0.39, 0.29) is 5.56 Å². The molecule has 0 bridgehead atoms. The molecule has 5 heteroatoms. The van der Waals surface area contributed by atoms with Gasteiger partial charge in [0, 0.05) is 23.5 Å². The lowest BCUT2D eigenvalue weighted by atomic mass is 9.96. The Bertz CT molecular complexity index is 654. The van der Waals surface area contributed by atoms with Crippen LogP contribution in [0.1, 0.15) is 16.7 Å². The van der Waals surface area contributed by atoms with E-state index in [0.29, 0.717) is 11.1 Å². The molecule has 1 aromatic heterocycles. The molecule has 2 rings (SSSR count). The van der Waals surface area contributed by atoms with Crippen molar-refractivity contribution in [3.05, 3.63) is 53.3 Å². The molecule has 0 unspecified atom stereocenters. The Morgan fingerprint density at radius 1 is 1.16 bits per heavy atom. The molecule has 0 N–H and O–H groups in total. The monoisotopic (exact) mass is 262 g/mol. The Balaban J connectivity index is 2.61. The maximum absolute atomic E-state index is 12.6. The minimum Gasteiger partial charge on any atom is -0.264 e. The summed E-state index contributed by atoms with van der Waals surface area (Å²) in [5.74, 6) is 0. The van der Waals surface area contributed by atoms with E-state index in [4.69, 9.17) is 5.26 Å². The molecule has 0 saturated heterocycles. The second kappa shape index (κ2) is 4.73. The van der Waals surface area contributed by atoms with Gasteiger partial charge in [-0.25, -0.2) is 0 Å². The zero-order valence-electron chi connectivity index (χ0n) is 9.99. The molecule has 0 aliphatic heterocycles. The van der Waals surface area contributed by atoms with E-state index in [0.717, 1.165) is 17.7 Å². The van der Waals surface area contributed by atoms with Crippen molar-refractivity contribution in [2.75, 3.05) is 0 Å². The fourth-order valence-electron chi connectivity index (χ4n) is 1.79. The number of nitriles is 1. The first kappa shape index (κ1) is 13.1. The minimum absolute atomic E-state index is 0.00840. The van der Waals surface area contributed by atoms with Gasteiger partial charge in [0.2, 0.25) is 0 Å². The van der Waals surface area contributed by atoms with E-state index in [9.17, 15) is 13.2 Å². The van der Waals surface area contributed by atoms with Crippen molar-refractivity contribution in [1.82, 2.24) is 4.98 Å². The Hall–Kier alpha value is -2.35. The van der Waals surface area contributed by atoms with Crippen molar-refractivity contribution in [1.29, 1.82) is 5.26 Å². The molecule has 0 atom stereocenters. The number of nitrogens with zero attached hydrogens (tertiary/aromatic N) is 2. The van der Waals surface area contributed by atoms with Crippen LogP contribution in [0.4, 0.5) is 13.2 Å². The molecule has 1 aromatic carbocycles. The highest BCUT2D eigenvalue weighted by Gasteiger charge is 2.31. The zero-order valence-corrected chi connectivity index (χ0v) is 9.99. The van der Waals surface area contributed by atoms with Gasteiger partial charge in [0.05, 0.1) is 17.2 Å². The third-order valence-corrected chi connectivity index (χ3v) is 2.80. The number of benzene rings is 1. The Morgan fingerprint density at radius 3 is 2.47 bits per heavy atom. The van der Waals surface area contributed by atoms with Crippen LogP contribution in [0.25, 0.3) is 11.1 Å². The number of hydrogen-bond donors (Lipinski definition) is 0. The molecule has 2 aromatic rings. The second-order valence-corrected chi connectivity index (χ2v) is 4.06. The summed E-state index contributed by atoms with van der Waals surface area (Å²) in [5, 5.41) is 9.02. The van der Waals surface area contributed by atoms with Gasteiger partial charge in [-0.15, -0.1) is 0 Å². The van der Waals surface area contributed by atoms with Gasteiger partial charge >= 0.3 is 6.18 Å². The summed E-state index contributed by atoms with van der Waals surface area (Å²) in [6, 6.07) is 6.70. The van der Waals surface area contributed by atoms with Crippen LogP contribution in [0.5, 0.6) is 0 Å². The van der Waals surface area contributed by atoms with Crippen molar-refractivity contribution in [2.45, 2.75) is 13.1 Å². The van der Waals surface area contributed by atoms with Crippen LogP contribution in [0.15, 0.2) is 36.7 Å². The average molecular weight is 262 g/mol. The van der Waals surface area contributed by atoms with E-state index in [1.807, 2.05) is 6.92 Å². The summed E-state index contributed by atoms with van der Waals surface area (Å²) in [7, 11) is 0. The highest BCUT2D eigenvalue weighted by atomic mass is 19.4. The van der Waals surface area contributed by atoms with Gasteiger partial charge in [-0.05, 0) is 30.7 Å². The number of aryl methyl sites for hydroxylation is 1. The molecule has 19 heavy (non-hydrogen) atoms. The van der Waals surface area contributed by atoms with Crippen molar-refractivity contribution in [3.63, 3.8) is 0 Å². The normalized spacial score (nSPS) is 11.1. The third-order valence-electron chi connectivity index (χ3n) is 2.80. The van der Waals surface area contributed by atoms with Gasteiger partial charge in [0.25, 0.3) is 0 Å². The number of hydrogen-bond acceptors (Lipinski definition) is 2. The number of halogens is 3. The minimum atomic E-state index is -4.45. The van der Waals surface area contributed by atoms with Crippen LogP contribution < -0.4 is 0 Å². The molecule has 0 amide bonds. The van der Waals surface area contributed by atoms with E-state index in [2.05, 4.69) is 4.98 Å². The lowest BCUT2D eigenvalue weighted by Gasteiger charge is -2.11. The maximum atomic E-state index is 12.6. The van der Waals surface area contributed by atoms with Crippen LogP contribution in [-0.4, -0.2) is 4.98 Å². The fourth-order valence-corrected chi connectivity index (χ4v) is 1.79. The van der Waals surface area contributed by atoms with Crippen LogP contribution in [-0.2, 0) is 6.18 Å². The van der Waals surface area contributed by atoms with Crippen molar-refractivity contribution < 1.29 is 13.2 Å². The summed E-state index contributed by atoms with van der Waals surface area (Å²) in [5.41, 5.74) is 1.14. The maximum Gasteiger partial charge on any atom is 0.416 e. The largest absolute Gasteiger partial charge is 0.416 e. The molecule has 0 saturated carbocycles. The standard InChI is InChI=1S/C14H9F3N2/c1-9-4-5-19-8-13(9)12-3-2-11(14(15,16)17)6-10(12)7-18/h2-6,8H,1H3. The predicted molar refractivity (Wildman–Crippen MR) is 64.1 cm³/mol. The summed E-state index contributed by atoms with van der Waals surface area (Å²) in [6.07, 6.45) is -1.32. The smallest absolute Gasteiger partial charge is 0.264 e. The molecule has 96 valence electrons. The first-order valence-corrected chi connectivity index (χ1v) is 5.46. The van der Waals surface area contributed by atoms with Gasteiger partial charge < -0.3 is 0 Å². The molecule has 1 heterocycles. The molecule has 0 radical (unpaired) electrons. The Morgan fingerprint density at radius 2 is 1.89 bits per heavy atom. The van der Waals surface area contributed by atoms with Gasteiger partial charge in [-0.3, -0.25) is 4.98 Å². The summed E-state index contributed by atoms with van der Waals surface area (Å²) >= 11 is 0. The molecule has 2 nitrogen and oxygen atoms in total. The van der Waals surface area contributed by atoms with Gasteiger partial charge in [0.15, 0.2) is 0 Å². The first-order valence-electron chi connectivity index (χ1n) is 5.46. The number of rotatable bonds is 1. The zero-order chi connectivity index (χ0) is 14.0. The topological polar surface area (TPSA) is 36.7 Å². The summed E-state index contributed by atoms with van der Waals surface area (Å²) in [6.45, 7) is 1.82. The third kappa shape index (κ3) is 2.58. The van der Waals surface area contributed by atoms with E-state index >= 15 is 0 Å². The summed E-state index contributed by atoms with van der Waals surface area (Å²) in [4.78, 5) is 3.94. The lowest BCUT2D eigenvalue weighted by Crippen LogP contribution is -2.05. The molecule has 0 aliphatic rings. The number of pyridine rings is 1. The Kier molecular flexibility index (Phi) is 3.26. The number of alkyl halides is 3. The number of aromatic nitrogens is 1. The quantitative estimate of drug-likeness (QED) is 0.780. The molecular weight excluding hydrogens is 253 g/mol. The summed E-state index contributed by atoms with van der Waals surface area (Å²) < 4.78 is 37.8. The fraction of sp³-hybridized carbons (Fsp3) is 0.143. The van der Waals surface area contributed by atoms with E-state index < -0.39 is 11.7 Å². The highest BCUT2D eigenvalue weighted by Crippen LogP contribution is 2.33. The Labute approximate surface area is 108 Å². The SMILES string of the molecule is Cc1ccncc1-c1ccc(C(F)(F)F)cc1C#N.